The number of nitrogens with zero attached hydrogens (tertiary/aromatic N) is 2. The van der Waals surface area contributed by atoms with Crippen molar-refractivity contribution in [1.82, 2.24) is 15.6 Å². The summed E-state index contributed by atoms with van der Waals surface area (Å²) >= 11 is 0. The zero-order valence-electron chi connectivity index (χ0n) is 17.2. The predicted octanol–water partition coefficient (Wildman–Crippen LogP) is 3.73. The number of hydrogen-bond donors (Lipinski definition) is 2. The Kier molecular flexibility index (Phi) is 12.0. The number of hydrogen-bond acceptors (Lipinski definition) is 4. The molecule has 1 aromatic heterocycles. The van der Waals surface area contributed by atoms with Crippen LogP contribution in [0.15, 0.2) is 23.3 Å². The average Bonchev–Trinajstić information content (AvgIpc) is 2.70. The van der Waals surface area contributed by atoms with Gasteiger partial charge in [0.2, 0.25) is 5.88 Å². The molecule has 0 aromatic carbocycles. The molecule has 6 nitrogen and oxygen atoms in total. The molecule has 0 spiro atoms. The second kappa shape index (κ2) is 13.3. The molecule has 11 heteroatoms. The summed E-state index contributed by atoms with van der Waals surface area (Å²) in [5, 5.41) is 6.80. The van der Waals surface area contributed by atoms with Crippen molar-refractivity contribution >= 4 is 40.7 Å². The Balaban J connectivity index is 0.00000450. The van der Waals surface area contributed by atoms with Crippen LogP contribution in [0, 0.1) is 0 Å². The summed E-state index contributed by atoms with van der Waals surface area (Å²) in [5.41, 5.74) is -0.809. The van der Waals surface area contributed by atoms with E-state index in [9.17, 15) is 17.4 Å². The number of ether oxygens (including phenoxy) is 1. The van der Waals surface area contributed by atoms with E-state index in [2.05, 4.69) is 20.6 Å². The summed E-state index contributed by atoms with van der Waals surface area (Å²) in [6, 6.07) is 2.36. The Morgan fingerprint density at radius 1 is 1.33 bits per heavy atom. The van der Waals surface area contributed by atoms with Crippen LogP contribution in [0.3, 0.4) is 0 Å². The first kappa shape index (κ1) is 26.9. The summed E-state index contributed by atoms with van der Waals surface area (Å²) in [6.07, 6.45) is 0.245. The Labute approximate surface area is 195 Å². The van der Waals surface area contributed by atoms with Gasteiger partial charge in [0.25, 0.3) is 0 Å². The third-order valence-corrected chi connectivity index (χ3v) is 6.38. The zero-order chi connectivity index (χ0) is 21.3. The van der Waals surface area contributed by atoms with Gasteiger partial charge in [-0.05, 0) is 32.3 Å². The fraction of sp³-hybridized carbons (Fsp3) is 0.684. The van der Waals surface area contributed by atoms with E-state index in [1.54, 1.807) is 0 Å². The van der Waals surface area contributed by atoms with E-state index in [0.717, 1.165) is 37.9 Å². The molecule has 0 radical (unpaired) electrons. The van der Waals surface area contributed by atoms with Crippen LogP contribution in [-0.2, 0) is 17.0 Å². The lowest BCUT2D eigenvalue weighted by atomic mass is 9.95. The lowest BCUT2D eigenvalue weighted by Gasteiger charge is -2.30. The Hall–Kier alpha value is -1.11. The third kappa shape index (κ3) is 8.94. The predicted molar refractivity (Wildman–Crippen MR) is 124 cm³/mol. The SMILES string of the molecule is CCNC(=NCCOc1ccc(C(F)(F)F)cn1)NC1CCCC(S(=O)CC)C1.I. The van der Waals surface area contributed by atoms with Crippen molar-refractivity contribution in [3.05, 3.63) is 23.9 Å². The molecule has 0 saturated heterocycles. The Morgan fingerprint density at radius 3 is 2.70 bits per heavy atom. The van der Waals surface area contributed by atoms with Gasteiger partial charge in [-0.2, -0.15) is 13.2 Å². The molecular formula is C19H30F3IN4O2S. The number of pyridine rings is 1. The highest BCUT2D eigenvalue weighted by molar-refractivity contribution is 14.0. The summed E-state index contributed by atoms with van der Waals surface area (Å²) in [5.74, 6) is 1.47. The van der Waals surface area contributed by atoms with Crippen LogP contribution in [0.2, 0.25) is 0 Å². The molecule has 3 atom stereocenters. The molecule has 1 saturated carbocycles. The molecule has 1 fully saturated rings. The number of guanidine groups is 1. The maximum atomic E-state index is 12.5. The number of rotatable bonds is 8. The van der Waals surface area contributed by atoms with E-state index >= 15 is 0 Å². The van der Waals surface area contributed by atoms with E-state index < -0.39 is 22.5 Å². The van der Waals surface area contributed by atoms with Gasteiger partial charge in [-0.25, -0.2) is 9.98 Å². The molecule has 30 heavy (non-hydrogen) atoms. The molecule has 3 unspecified atom stereocenters. The van der Waals surface area contributed by atoms with Crippen LogP contribution in [-0.4, -0.2) is 51.9 Å². The van der Waals surface area contributed by atoms with Crippen molar-refractivity contribution in [1.29, 1.82) is 0 Å². The van der Waals surface area contributed by atoms with Crippen LogP contribution >= 0.6 is 24.0 Å². The van der Waals surface area contributed by atoms with E-state index in [1.807, 2.05) is 13.8 Å². The van der Waals surface area contributed by atoms with Crippen molar-refractivity contribution in [2.24, 2.45) is 4.99 Å². The number of nitrogens with one attached hydrogen (secondary N) is 2. The first-order valence-electron chi connectivity index (χ1n) is 9.91. The highest BCUT2D eigenvalue weighted by Crippen LogP contribution is 2.29. The Morgan fingerprint density at radius 2 is 2.10 bits per heavy atom. The van der Waals surface area contributed by atoms with Crippen LogP contribution in [0.1, 0.15) is 45.1 Å². The normalized spacial score (nSPS) is 20.8. The van der Waals surface area contributed by atoms with E-state index in [1.165, 1.54) is 6.07 Å². The van der Waals surface area contributed by atoms with Crippen LogP contribution < -0.4 is 15.4 Å². The number of aliphatic imine (C=N–C) groups is 1. The molecule has 0 amide bonds. The van der Waals surface area contributed by atoms with Gasteiger partial charge < -0.3 is 15.4 Å². The van der Waals surface area contributed by atoms with Gasteiger partial charge in [0.15, 0.2) is 5.96 Å². The molecule has 0 bridgehead atoms. The third-order valence-electron chi connectivity index (χ3n) is 4.64. The molecule has 1 aromatic rings. The largest absolute Gasteiger partial charge is 0.476 e. The lowest BCUT2D eigenvalue weighted by Crippen LogP contribution is -2.46. The summed E-state index contributed by atoms with van der Waals surface area (Å²) < 4.78 is 55.1. The van der Waals surface area contributed by atoms with Crippen LogP contribution in [0.5, 0.6) is 5.88 Å². The zero-order valence-corrected chi connectivity index (χ0v) is 20.4. The maximum Gasteiger partial charge on any atom is 0.417 e. The molecule has 2 N–H and O–H groups in total. The minimum atomic E-state index is -4.41. The van der Waals surface area contributed by atoms with E-state index in [0.29, 0.717) is 24.8 Å². The first-order valence-corrected chi connectivity index (χ1v) is 11.3. The quantitative estimate of drug-likeness (QED) is 0.219. The van der Waals surface area contributed by atoms with Crippen molar-refractivity contribution < 1.29 is 22.1 Å². The highest BCUT2D eigenvalue weighted by Gasteiger charge is 2.30. The highest BCUT2D eigenvalue weighted by atomic mass is 127. The first-order chi connectivity index (χ1) is 13.8. The number of halogens is 4. The standard InChI is InChI=1S/C19H29F3N4O2S.HI/c1-3-23-18(26-15-6-5-7-16(12-15)29(27)4-2)24-10-11-28-17-9-8-14(13-25-17)19(20,21)22;/h8-9,13,15-16H,3-7,10-12H2,1-2H3,(H2,23,24,26);1H. The summed E-state index contributed by atoms with van der Waals surface area (Å²) in [6.45, 7) is 5.14. The summed E-state index contributed by atoms with van der Waals surface area (Å²) in [4.78, 5) is 8.13. The topological polar surface area (TPSA) is 75.6 Å². The Bertz CT molecular complexity index is 689. The van der Waals surface area contributed by atoms with Crippen LogP contribution in [0.4, 0.5) is 13.2 Å². The van der Waals surface area contributed by atoms with E-state index in [4.69, 9.17) is 4.74 Å². The van der Waals surface area contributed by atoms with Gasteiger partial charge in [-0.1, -0.05) is 13.3 Å². The van der Waals surface area contributed by atoms with Gasteiger partial charge in [0.1, 0.15) is 6.61 Å². The number of aromatic nitrogens is 1. The smallest absolute Gasteiger partial charge is 0.417 e. The minimum Gasteiger partial charge on any atom is -0.476 e. The maximum absolute atomic E-state index is 12.5. The van der Waals surface area contributed by atoms with E-state index in [-0.39, 0.29) is 47.8 Å². The molecule has 1 aliphatic rings. The fourth-order valence-corrected chi connectivity index (χ4v) is 4.55. The minimum absolute atomic E-state index is 0. The molecule has 1 aliphatic carbocycles. The molecule has 1 heterocycles. The van der Waals surface area contributed by atoms with Gasteiger partial charge in [-0.3, -0.25) is 4.21 Å². The van der Waals surface area contributed by atoms with Crippen molar-refractivity contribution in [2.45, 2.75) is 57.0 Å². The molecule has 172 valence electrons. The molecular weight excluding hydrogens is 532 g/mol. The second-order valence-electron chi connectivity index (χ2n) is 6.79. The van der Waals surface area contributed by atoms with Gasteiger partial charge in [-0.15, -0.1) is 24.0 Å². The van der Waals surface area contributed by atoms with Crippen molar-refractivity contribution in [3.63, 3.8) is 0 Å². The molecule has 0 aliphatic heterocycles. The second-order valence-corrected chi connectivity index (χ2v) is 8.80. The summed E-state index contributed by atoms with van der Waals surface area (Å²) in [7, 11) is -0.786. The fourth-order valence-electron chi connectivity index (χ4n) is 3.20. The monoisotopic (exact) mass is 562 g/mol. The number of alkyl halides is 3. The lowest BCUT2D eigenvalue weighted by molar-refractivity contribution is -0.137. The molecule has 2 rings (SSSR count). The van der Waals surface area contributed by atoms with Gasteiger partial charge in [0.05, 0.1) is 12.1 Å². The van der Waals surface area contributed by atoms with Crippen molar-refractivity contribution in [2.75, 3.05) is 25.4 Å². The van der Waals surface area contributed by atoms with Crippen LogP contribution in [0.25, 0.3) is 0 Å². The average molecular weight is 562 g/mol. The van der Waals surface area contributed by atoms with Crippen molar-refractivity contribution in [3.8, 4) is 5.88 Å². The van der Waals surface area contributed by atoms with Gasteiger partial charge in [0, 0.05) is 46.7 Å². The van der Waals surface area contributed by atoms with Gasteiger partial charge >= 0.3 is 6.18 Å².